The number of nitrogens with zero attached hydrogens (tertiary/aromatic N) is 3. The second-order valence-electron chi connectivity index (χ2n) is 7.86. The van der Waals surface area contributed by atoms with Crippen molar-refractivity contribution < 1.29 is 14.0 Å². The van der Waals surface area contributed by atoms with Gasteiger partial charge in [-0.1, -0.05) is 48.2 Å². The highest BCUT2D eigenvalue weighted by Gasteiger charge is 2.19. The Labute approximate surface area is 201 Å². The lowest BCUT2D eigenvalue weighted by Gasteiger charge is -2.11. The van der Waals surface area contributed by atoms with Crippen LogP contribution in [0.3, 0.4) is 0 Å². The van der Waals surface area contributed by atoms with E-state index in [1.54, 1.807) is 12.3 Å². The van der Waals surface area contributed by atoms with Gasteiger partial charge in [-0.15, -0.1) is 10.2 Å². The van der Waals surface area contributed by atoms with Gasteiger partial charge in [0.25, 0.3) is 0 Å². The fraction of sp³-hybridized carbons (Fsp3) is 0.200. The third-order valence-corrected chi connectivity index (χ3v) is 6.32. The number of rotatable bonds is 7. The Hall–Kier alpha value is -3.85. The predicted octanol–water partition coefficient (Wildman–Crippen LogP) is 4.95. The Morgan fingerprint density at radius 1 is 1.00 bits per heavy atom. The molecule has 2 N–H and O–H groups in total. The molecule has 2 heterocycles. The van der Waals surface area contributed by atoms with E-state index in [2.05, 4.69) is 20.8 Å². The second-order valence-corrected chi connectivity index (χ2v) is 8.80. The van der Waals surface area contributed by atoms with Crippen LogP contribution in [0.2, 0.25) is 0 Å². The molecule has 9 heteroatoms. The summed E-state index contributed by atoms with van der Waals surface area (Å²) in [4.78, 5) is 24.7. The average Bonchev–Trinajstić information content (AvgIpc) is 3.41. The standard InChI is InChI=1S/C25H25N5O3S/c1-16-9-10-20(13-17(16)2)26-24(32)27-22(31)15-34-25-29-28-23(21-11-12-33-18(21)3)30(25)14-19-7-5-4-6-8-19/h4-13H,14-15H2,1-3H3,(H2,26,27,31,32). The number of furan rings is 1. The van der Waals surface area contributed by atoms with Crippen LogP contribution in [0, 0.1) is 20.8 Å². The molecule has 0 saturated heterocycles. The van der Waals surface area contributed by atoms with Crippen molar-refractivity contribution in [3.05, 3.63) is 83.3 Å². The van der Waals surface area contributed by atoms with Crippen LogP contribution in [0.1, 0.15) is 22.5 Å². The van der Waals surface area contributed by atoms with Gasteiger partial charge in [0.1, 0.15) is 5.76 Å². The summed E-state index contributed by atoms with van der Waals surface area (Å²) in [6.07, 6.45) is 1.61. The molecular formula is C25H25N5O3S. The third kappa shape index (κ3) is 5.55. The molecule has 0 radical (unpaired) electrons. The van der Waals surface area contributed by atoms with Crippen LogP contribution in [0.25, 0.3) is 11.4 Å². The monoisotopic (exact) mass is 475 g/mol. The molecule has 4 aromatic rings. The number of imide groups is 1. The minimum absolute atomic E-state index is 0.0115. The van der Waals surface area contributed by atoms with Crippen LogP contribution < -0.4 is 10.6 Å². The number of hydrogen-bond donors (Lipinski definition) is 2. The maximum atomic E-state index is 12.4. The minimum Gasteiger partial charge on any atom is -0.469 e. The molecule has 0 aliphatic rings. The number of nitrogens with one attached hydrogen (secondary N) is 2. The lowest BCUT2D eigenvalue weighted by Crippen LogP contribution is -2.35. The average molecular weight is 476 g/mol. The maximum absolute atomic E-state index is 12.4. The molecule has 0 atom stereocenters. The quantitative estimate of drug-likeness (QED) is 0.367. The Morgan fingerprint density at radius 2 is 1.79 bits per heavy atom. The van der Waals surface area contributed by atoms with Gasteiger partial charge < -0.3 is 9.73 Å². The number of urea groups is 1. The normalized spacial score (nSPS) is 10.8. The number of hydrogen-bond acceptors (Lipinski definition) is 6. The molecule has 34 heavy (non-hydrogen) atoms. The third-order valence-electron chi connectivity index (χ3n) is 5.35. The van der Waals surface area contributed by atoms with Crippen LogP contribution in [0.15, 0.2) is 70.4 Å². The zero-order valence-electron chi connectivity index (χ0n) is 19.2. The SMILES string of the molecule is Cc1ccc(NC(=O)NC(=O)CSc2nnc(-c3ccoc3C)n2Cc2ccccc2)cc1C. The van der Waals surface area contributed by atoms with Crippen LogP contribution in [0.5, 0.6) is 0 Å². The zero-order valence-corrected chi connectivity index (χ0v) is 20.0. The number of anilines is 1. The van der Waals surface area contributed by atoms with Crippen molar-refractivity contribution in [2.45, 2.75) is 32.5 Å². The largest absolute Gasteiger partial charge is 0.469 e. The van der Waals surface area contributed by atoms with E-state index in [9.17, 15) is 9.59 Å². The summed E-state index contributed by atoms with van der Waals surface area (Å²) in [6.45, 7) is 6.36. The smallest absolute Gasteiger partial charge is 0.325 e. The molecule has 2 aromatic heterocycles. The Kier molecular flexibility index (Phi) is 7.12. The molecule has 0 aliphatic carbocycles. The minimum atomic E-state index is -0.575. The molecule has 2 aromatic carbocycles. The van der Waals surface area contributed by atoms with E-state index in [0.29, 0.717) is 23.2 Å². The van der Waals surface area contributed by atoms with Gasteiger partial charge in [-0.05, 0) is 55.7 Å². The number of aromatic nitrogens is 3. The van der Waals surface area contributed by atoms with Crippen LogP contribution in [-0.4, -0.2) is 32.5 Å². The summed E-state index contributed by atoms with van der Waals surface area (Å²) in [7, 11) is 0. The topological polar surface area (TPSA) is 102 Å². The first-order valence-corrected chi connectivity index (χ1v) is 11.7. The zero-order chi connectivity index (χ0) is 24.1. The Balaban J connectivity index is 1.44. The van der Waals surface area contributed by atoms with Gasteiger partial charge in [-0.25, -0.2) is 4.79 Å². The highest BCUT2D eigenvalue weighted by molar-refractivity contribution is 7.99. The number of benzene rings is 2. The van der Waals surface area contributed by atoms with Crippen LogP contribution >= 0.6 is 11.8 Å². The molecule has 0 aliphatic heterocycles. The molecular weight excluding hydrogens is 450 g/mol. The summed E-state index contributed by atoms with van der Waals surface area (Å²) < 4.78 is 7.39. The van der Waals surface area contributed by atoms with Gasteiger partial charge in [0, 0.05) is 5.69 Å². The van der Waals surface area contributed by atoms with Gasteiger partial charge in [0.05, 0.1) is 24.1 Å². The van der Waals surface area contributed by atoms with Crippen molar-refractivity contribution in [2.24, 2.45) is 0 Å². The lowest BCUT2D eigenvalue weighted by atomic mass is 10.1. The van der Waals surface area contributed by atoms with Crippen LogP contribution in [0.4, 0.5) is 10.5 Å². The molecule has 174 valence electrons. The Morgan fingerprint density at radius 3 is 2.50 bits per heavy atom. The van der Waals surface area contributed by atoms with Gasteiger partial charge in [0.2, 0.25) is 5.91 Å². The van der Waals surface area contributed by atoms with Crippen molar-refractivity contribution >= 4 is 29.4 Å². The number of aryl methyl sites for hydroxylation is 3. The van der Waals surface area contributed by atoms with Crippen molar-refractivity contribution in [1.29, 1.82) is 0 Å². The highest BCUT2D eigenvalue weighted by Crippen LogP contribution is 2.28. The second kappa shape index (κ2) is 10.4. The van der Waals surface area contributed by atoms with Crippen molar-refractivity contribution in [3.63, 3.8) is 0 Å². The molecule has 0 bridgehead atoms. The van der Waals surface area contributed by atoms with Gasteiger partial charge in [0.15, 0.2) is 11.0 Å². The molecule has 0 unspecified atom stereocenters. The summed E-state index contributed by atoms with van der Waals surface area (Å²) in [5.74, 6) is 0.976. The highest BCUT2D eigenvalue weighted by atomic mass is 32.2. The maximum Gasteiger partial charge on any atom is 0.325 e. The van der Waals surface area contributed by atoms with E-state index in [0.717, 1.165) is 28.0 Å². The predicted molar refractivity (Wildman–Crippen MR) is 132 cm³/mol. The van der Waals surface area contributed by atoms with Crippen molar-refractivity contribution in [1.82, 2.24) is 20.1 Å². The number of thioether (sulfide) groups is 1. The van der Waals surface area contributed by atoms with Crippen molar-refractivity contribution in [2.75, 3.05) is 11.1 Å². The van der Waals surface area contributed by atoms with E-state index < -0.39 is 11.9 Å². The first-order valence-electron chi connectivity index (χ1n) is 10.7. The lowest BCUT2D eigenvalue weighted by molar-refractivity contribution is -0.117. The van der Waals surface area contributed by atoms with Crippen molar-refractivity contribution in [3.8, 4) is 11.4 Å². The number of carbonyl (C=O) groups is 2. The first kappa shape index (κ1) is 23.3. The fourth-order valence-electron chi connectivity index (χ4n) is 3.39. The number of carbonyl (C=O) groups excluding carboxylic acids is 2. The first-order chi connectivity index (χ1) is 16.4. The van der Waals surface area contributed by atoms with Gasteiger partial charge in [-0.3, -0.25) is 14.7 Å². The van der Waals surface area contributed by atoms with E-state index >= 15 is 0 Å². The van der Waals surface area contributed by atoms with Gasteiger partial charge >= 0.3 is 6.03 Å². The molecule has 3 amide bonds. The molecule has 8 nitrogen and oxygen atoms in total. The van der Waals surface area contributed by atoms with E-state index in [1.165, 1.54) is 11.8 Å². The Bertz CT molecular complexity index is 1310. The van der Waals surface area contributed by atoms with Crippen LogP contribution in [-0.2, 0) is 11.3 Å². The van der Waals surface area contributed by atoms with E-state index in [4.69, 9.17) is 4.42 Å². The molecule has 0 spiro atoms. The van der Waals surface area contributed by atoms with E-state index in [-0.39, 0.29) is 5.75 Å². The van der Waals surface area contributed by atoms with Gasteiger partial charge in [-0.2, -0.15) is 0 Å². The van der Waals surface area contributed by atoms with E-state index in [1.807, 2.05) is 73.9 Å². The summed E-state index contributed by atoms with van der Waals surface area (Å²) >= 11 is 1.22. The number of amides is 3. The summed E-state index contributed by atoms with van der Waals surface area (Å²) in [5, 5.41) is 14.3. The molecule has 4 rings (SSSR count). The summed E-state index contributed by atoms with van der Waals surface area (Å²) in [6, 6.07) is 16.8. The summed E-state index contributed by atoms with van der Waals surface area (Å²) in [5.41, 5.74) is 4.73. The fourth-order valence-corrected chi connectivity index (χ4v) is 4.13. The molecule has 0 saturated carbocycles. The molecule has 0 fully saturated rings.